The number of nitrogens with one attached hydrogen (secondary N) is 1. The van der Waals surface area contributed by atoms with Crippen LogP contribution in [0.4, 0.5) is 0 Å². The third-order valence-corrected chi connectivity index (χ3v) is 2.49. The lowest BCUT2D eigenvalue weighted by Gasteiger charge is -2.03. The number of ether oxygens (including phenoxy) is 1. The number of aromatic amines is 1. The van der Waals surface area contributed by atoms with Gasteiger partial charge < -0.3 is 15.5 Å². The predicted molar refractivity (Wildman–Crippen MR) is 68.0 cm³/mol. The van der Waals surface area contributed by atoms with Crippen LogP contribution in [0.15, 0.2) is 30.5 Å². The first-order valence-corrected chi connectivity index (χ1v) is 5.80. The summed E-state index contributed by atoms with van der Waals surface area (Å²) in [4.78, 5) is 7.52. The highest BCUT2D eigenvalue weighted by atomic mass is 16.5. The Morgan fingerprint density at radius 2 is 2.06 bits per heavy atom. The minimum atomic E-state index is 0.607. The molecule has 4 heteroatoms. The van der Waals surface area contributed by atoms with Crippen molar-refractivity contribution >= 4 is 0 Å². The van der Waals surface area contributed by atoms with Gasteiger partial charge in [0.25, 0.3) is 0 Å². The molecule has 0 saturated carbocycles. The Hall–Kier alpha value is -1.81. The van der Waals surface area contributed by atoms with Crippen molar-refractivity contribution in [3.63, 3.8) is 0 Å². The first kappa shape index (κ1) is 11.7. The maximum atomic E-state index is 5.49. The van der Waals surface area contributed by atoms with Crippen LogP contribution >= 0.6 is 0 Å². The number of hydrogen-bond acceptors (Lipinski definition) is 3. The van der Waals surface area contributed by atoms with Gasteiger partial charge in [-0.15, -0.1) is 0 Å². The van der Waals surface area contributed by atoms with Gasteiger partial charge in [0.05, 0.1) is 18.5 Å². The number of imidazole rings is 1. The van der Waals surface area contributed by atoms with Crippen molar-refractivity contribution in [1.82, 2.24) is 9.97 Å². The minimum Gasteiger partial charge on any atom is -0.494 e. The maximum absolute atomic E-state index is 5.49. The summed E-state index contributed by atoms with van der Waals surface area (Å²) in [5.74, 6) is 1.81. The number of nitrogens with zero attached hydrogens (tertiary/aromatic N) is 1. The van der Waals surface area contributed by atoms with Crippen molar-refractivity contribution in [2.75, 3.05) is 13.2 Å². The van der Waals surface area contributed by atoms with E-state index >= 15 is 0 Å². The lowest BCUT2D eigenvalue weighted by atomic mass is 10.2. The van der Waals surface area contributed by atoms with E-state index in [1.807, 2.05) is 37.4 Å². The van der Waals surface area contributed by atoms with Crippen molar-refractivity contribution in [3.8, 4) is 17.0 Å². The van der Waals surface area contributed by atoms with Crippen molar-refractivity contribution < 1.29 is 4.74 Å². The Kier molecular flexibility index (Phi) is 3.77. The normalized spacial score (nSPS) is 10.5. The first-order chi connectivity index (χ1) is 8.33. The van der Waals surface area contributed by atoms with Crippen LogP contribution in [-0.2, 0) is 6.42 Å². The lowest BCUT2D eigenvalue weighted by Crippen LogP contribution is -2.03. The average molecular weight is 231 g/mol. The van der Waals surface area contributed by atoms with E-state index in [-0.39, 0.29) is 0 Å². The van der Waals surface area contributed by atoms with Crippen LogP contribution in [0.5, 0.6) is 5.75 Å². The van der Waals surface area contributed by atoms with Crippen LogP contribution in [0.25, 0.3) is 11.3 Å². The molecule has 0 bridgehead atoms. The molecular formula is C13H17N3O. The second-order valence-corrected chi connectivity index (χ2v) is 3.74. The van der Waals surface area contributed by atoms with Gasteiger partial charge in [0.15, 0.2) is 0 Å². The largest absolute Gasteiger partial charge is 0.494 e. The second-order valence-electron chi connectivity index (χ2n) is 3.74. The second kappa shape index (κ2) is 5.50. The number of rotatable bonds is 5. The molecule has 3 N–H and O–H groups in total. The van der Waals surface area contributed by atoms with Crippen molar-refractivity contribution in [2.24, 2.45) is 5.73 Å². The molecule has 2 rings (SSSR count). The molecule has 0 fully saturated rings. The number of benzene rings is 1. The third kappa shape index (κ3) is 2.85. The van der Waals surface area contributed by atoms with E-state index < -0.39 is 0 Å². The Morgan fingerprint density at radius 1 is 1.29 bits per heavy atom. The van der Waals surface area contributed by atoms with E-state index in [9.17, 15) is 0 Å². The van der Waals surface area contributed by atoms with Gasteiger partial charge in [-0.2, -0.15) is 0 Å². The SMILES string of the molecule is CCOc1ccc(-c2cnc(CCN)[nH]2)cc1. The summed E-state index contributed by atoms with van der Waals surface area (Å²) in [5.41, 5.74) is 7.60. The third-order valence-electron chi connectivity index (χ3n) is 2.49. The van der Waals surface area contributed by atoms with E-state index in [1.165, 1.54) is 0 Å². The van der Waals surface area contributed by atoms with Crippen LogP contribution in [0.2, 0.25) is 0 Å². The molecule has 0 amide bonds. The molecule has 4 nitrogen and oxygen atoms in total. The van der Waals surface area contributed by atoms with Gasteiger partial charge in [-0.1, -0.05) is 0 Å². The predicted octanol–water partition coefficient (Wildman–Crippen LogP) is 1.98. The van der Waals surface area contributed by atoms with Crippen LogP contribution in [0.1, 0.15) is 12.7 Å². The smallest absolute Gasteiger partial charge is 0.119 e. The quantitative estimate of drug-likeness (QED) is 0.827. The zero-order valence-corrected chi connectivity index (χ0v) is 9.94. The molecule has 1 aromatic carbocycles. The summed E-state index contributed by atoms with van der Waals surface area (Å²) in [6.45, 7) is 3.27. The Balaban J connectivity index is 2.15. The number of hydrogen-bond donors (Lipinski definition) is 2. The zero-order chi connectivity index (χ0) is 12.1. The van der Waals surface area contributed by atoms with Crippen molar-refractivity contribution in [3.05, 3.63) is 36.3 Å². The van der Waals surface area contributed by atoms with Crippen LogP contribution < -0.4 is 10.5 Å². The molecule has 1 aromatic heterocycles. The summed E-state index contributed by atoms with van der Waals surface area (Å²) in [6.07, 6.45) is 2.61. The average Bonchev–Trinajstić information content (AvgIpc) is 2.80. The Bertz CT molecular complexity index is 462. The van der Waals surface area contributed by atoms with Crippen molar-refractivity contribution in [1.29, 1.82) is 0 Å². The van der Waals surface area contributed by atoms with Gasteiger partial charge in [0.2, 0.25) is 0 Å². The molecule has 2 aromatic rings. The van der Waals surface area contributed by atoms with E-state index in [2.05, 4.69) is 9.97 Å². The van der Waals surface area contributed by atoms with E-state index in [0.29, 0.717) is 13.2 Å². The zero-order valence-electron chi connectivity index (χ0n) is 9.94. The van der Waals surface area contributed by atoms with Crippen LogP contribution in [0, 0.1) is 0 Å². The fourth-order valence-electron chi connectivity index (χ4n) is 1.67. The molecule has 90 valence electrons. The summed E-state index contributed by atoms with van der Waals surface area (Å²) in [5, 5.41) is 0. The minimum absolute atomic E-state index is 0.607. The summed E-state index contributed by atoms with van der Waals surface area (Å²) >= 11 is 0. The Morgan fingerprint density at radius 3 is 2.71 bits per heavy atom. The molecule has 1 heterocycles. The molecule has 0 saturated heterocycles. The van der Waals surface area contributed by atoms with E-state index in [1.54, 1.807) is 0 Å². The van der Waals surface area contributed by atoms with Crippen LogP contribution in [-0.4, -0.2) is 23.1 Å². The van der Waals surface area contributed by atoms with Gasteiger partial charge >= 0.3 is 0 Å². The highest BCUT2D eigenvalue weighted by Gasteiger charge is 2.02. The standard InChI is InChI=1S/C13H17N3O/c1-2-17-11-5-3-10(4-6-11)12-9-15-13(16-12)7-8-14/h3-6,9H,2,7-8,14H2,1H3,(H,15,16). The van der Waals surface area contributed by atoms with Crippen molar-refractivity contribution in [2.45, 2.75) is 13.3 Å². The number of aromatic nitrogens is 2. The highest BCUT2D eigenvalue weighted by Crippen LogP contribution is 2.20. The van der Waals surface area contributed by atoms with Gasteiger partial charge in [0, 0.05) is 6.42 Å². The summed E-state index contributed by atoms with van der Waals surface area (Å²) in [7, 11) is 0. The number of nitrogens with two attached hydrogens (primary N) is 1. The molecule has 17 heavy (non-hydrogen) atoms. The maximum Gasteiger partial charge on any atom is 0.119 e. The molecular weight excluding hydrogens is 214 g/mol. The summed E-state index contributed by atoms with van der Waals surface area (Å²) in [6, 6.07) is 7.96. The molecule has 0 aliphatic rings. The lowest BCUT2D eigenvalue weighted by molar-refractivity contribution is 0.340. The summed E-state index contributed by atoms with van der Waals surface area (Å²) < 4.78 is 5.40. The Labute approximate surface area is 101 Å². The molecule has 0 unspecified atom stereocenters. The number of H-pyrrole nitrogens is 1. The molecule has 0 radical (unpaired) electrons. The molecule has 0 atom stereocenters. The van der Waals surface area contributed by atoms with E-state index in [4.69, 9.17) is 10.5 Å². The highest BCUT2D eigenvalue weighted by molar-refractivity contribution is 5.59. The van der Waals surface area contributed by atoms with Gasteiger partial charge in [0.1, 0.15) is 11.6 Å². The fraction of sp³-hybridized carbons (Fsp3) is 0.308. The molecule has 0 aliphatic heterocycles. The molecule has 0 aliphatic carbocycles. The molecule has 0 spiro atoms. The van der Waals surface area contributed by atoms with Gasteiger partial charge in [-0.25, -0.2) is 4.98 Å². The topological polar surface area (TPSA) is 63.9 Å². The monoisotopic (exact) mass is 231 g/mol. The van der Waals surface area contributed by atoms with Gasteiger partial charge in [-0.05, 0) is 43.3 Å². The van der Waals surface area contributed by atoms with E-state index in [0.717, 1.165) is 29.3 Å². The van der Waals surface area contributed by atoms with Gasteiger partial charge in [-0.3, -0.25) is 0 Å². The van der Waals surface area contributed by atoms with Crippen LogP contribution in [0.3, 0.4) is 0 Å². The first-order valence-electron chi connectivity index (χ1n) is 5.80. The fourth-order valence-corrected chi connectivity index (χ4v) is 1.67.